The number of rotatable bonds is 5. The Kier molecular flexibility index (Phi) is 7.44. The van der Waals surface area contributed by atoms with E-state index in [1.54, 1.807) is 0 Å². The normalized spacial score (nSPS) is 10.9. The summed E-state index contributed by atoms with van der Waals surface area (Å²) in [7, 11) is 0. The second-order valence-corrected chi connectivity index (χ2v) is 2.10. The van der Waals surface area contributed by atoms with Crippen molar-refractivity contribution in [1.29, 1.82) is 0 Å². The fraction of sp³-hybridized carbons (Fsp3) is 0.750. The molecule has 0 aliphatic heterocycles. The van der Waals surface area contributed by atoms with E-state index in [1.807, 2.05) is 0 Å². The van der Waals surface area contributed by atoms with Crippen molar-refractivity contribution in [3.05, 3.63) is 12.2 Å². The molecule has 0 atom stereocenters. The molecule has 0 saturated carbocycles. The number of aliphatic hydroxyl groups is 1. The Balaban J connectivity index is 2.82. The third-order valence-corrected chi connectivity index (χ3v) is 1.18. The van der Waals surface area contributed by atoms with Crippen LogP contribution in [-0.2, 0) is 0 Å². The van der Waals surface area contributed by atoms with Crippen LogP contribution < -0.4 is 0 Å². The minimum absolute atomic E-state index is 0.333. The monoisotopic (exact) mass is 128 g/mol. The third-order valence-electron chi connectivity index (χ3n) is 1.18. The number of allylic oxidation sites excluding steroid dienone is 2. The molecule has 9 heavy (non-hydrogen) atoms. The maximum absolute atomic E-state index is 8.40. The van der Waals surface area contributed by atoms with Gasteiger partial charge in [-0.05, 0) is 25.7 Å². The van der Waals surface area contributed by atoms with E-state index in [-0.39, 0.29) is 0 Å². The molecule has 0 radical (unpaired) electrons. The Hall–Kier alpha value is -0.300. The van der Waals surface area contributed by atoms with E-state index in [9.17, 15) is 0 Å². The number of unbranched alkanes of at least 4 members (excludes halogenated alkanes) is 2. The second kappa shape index (κ2) is 7.70. The molecule has 1 nitrogen and oxygen atoms in total. The summed E-state index contributed by atoms with van der Waals surface area (Å²) in [5.41, 5.74) is 0. The zero-order valence-corrected chi connectivity index (χ0v) is 6.14. The Morgan fingerprint density at radius 2 is 2.00 bits per heavy atom. The van der Waals surface area contributed by atoms with Gasteiger partial charge in [-0.25, -0.2) is 0 Å². The largest absolute Gasteiger partial charge is 0.396 e. The second-order valence-electron chi connectivity index (χ2n) is 2.10. The van der Waals surface area contributed by atoms with Gasteiger partial charge in [0.1, 0.15) is 0 Å². The molecule has 0 bridgehead atoms. The topological polar surface area (TPSA) is 20.2 Å². The SMILES string of the molecule is CC/C=C/CCCCO. The highest BCUT2D eigenvalue weighted by Crippen LogP contribution is 1.95. The van der Waals surface area contributed by atoms with Gasteiger partial charge in [-0.1, -0.05) is 19.1 Å². The molecule has 0 aliphatic carbocycles. The minimum atomic E-state index is 0.333. The van der Waals surface area contributed by atoms with Crippen LogP contribution in [0.25, 0.3) is 0 Å². The van der Waals surface area contributed by atoms with Gasteiger partial charge in [0.05, 0.1) is 0 Å². The Morgan fingerprint density at radius 1 is 1.22 bits per heavy atom. The fourth-order valence-corrected chi connectivity index (χ4v) is 0.659. The number of aliphatic hydroxyl groups excluding tert-OH is 1. The van der Waals surface area contributed by atoms with Gasteiger partial charge in [-0.15, -0.1) is 0 Å². The highest BCUT2D eigenvalue weighted by molar-refractivity contribution is 4.79. The highest BCUT2D eigenvalue weighted by atomic mass is 16.2. The van der Waals surface area contributed by atoms with Crippen molar-refractivity contribution in [2.45, 2.75) is 32.6 Å². The molecule has 0 aromatic carbocycles. The third kappa shape index (κ3) is 7.70. The maximum atomic E-state index is 8.40. The molecule has 0 amide bonds. The van der Waals surface area contributed by atoms with Crippen LogP contribution in [0.4, 0.5) is 0 Å². The van der Waals surface area contributed by atoms with Crippen molar-refractivity contribution in [2.75, 3.05) is 6.61 Å². The predicted octanol–water partition coefficient (Wildman–Crippen LogP) is 2.12. The molecule has 0 spiro atoms. The molecule has 0 heterocycles. The van der Waals surface area contributed by atoms with Gasteiger partial charge in [-0.3, -0.25) is 0 Å². The molecule has 0 fully saturated rings. The van der Waals surface area contributed by atoms with E-state index in [0.717, 1.165) is 25.7 Å². The van der Waals surface area contributed by atoms with Crippen LogP contribution in [0.5, 0.6) is 0 Å². The van der Waals surface area contributed by atoms with E-state index < -0.39 is 0 Å². The zero-order chi connectivity index (χ0) is 6.95. The molecule has 1 heteroatoms. The summed E-state index contributed by atoms with van der Waals surface area (Å²) in [6, 6.07) is 0. The standard InChI is InChI=1S/C8H16O/c1-2-3-4-5-6-7-8-9/h3-4,9H,2,5-8H2,1H3/b4-3+. The average Bonchev–Trinajstić information content (AvgIpc) is 1.89. The van der Waals surface area contributed by atoms with Crippen LogP contribution in [0, 0.1) is 0 Å². The van der Waals surface area contributed by atoms with Gasteiger partial charge in [-0.2, -0.15) is 0 Å². The van der Waals surface area contributed by atoms with Crippen molar-refractivity contribution in [3.63, 3.8) is 0 Å². The molecule has 0 rings (SSSR count). The summed E-state index contributed by atoms with van der Waals surface area (Å²) in [6.45, 7) is 2.46. The molecular formula is C8H16O. The first-order valence-electron chi connectivity index (χ1n) is 3.67. The molecule has 0 aliphatic rings. The van der Waals surface area contributed by atoms with Crippen LogP contribution in [-0.4, -0.2) is 11.7 Å². The summed E-state index contributed by atoms with van der Waals surface area (Å²) in [5, 5.41) is 8.40. The number of hydrogen-bond donors (Lipinski definition) is 1. The van der Waals surface area contributed by atoms with Crippen molar-refractivity contribution in [1.82, 2.24) is 0 Å². The lowest BCUT2D eigenvalue weighted by Gasteiger charge is -1.89. The minimum Gasteiger partial charge on any atom is -0.396 e. The first kappa shape index (κ1) is 8.70. The Bertz CT molecular complexity index is 67.0. The van der Waals surface area contributed by atoms with Gasteiger partial charge >= 0.3 is 0 Å². The van der Waals surface area contributed by atoms with Crippen LogP contribution in [0.15, 0.2) is 12.2 Å². The van der Waals surface area contributed by atoms with Gasteiger partial charge in [0.2, 0.25) is 0 Å². The van der Waals surface area contributed by atoms with E-state index in [2.05, 4.69) is 19.1 Å². The van der Waals surface area contributed by atoms with E-state index in [1.165, 1.54) is 0 Å². The van der Waals surface area contributed by atoms with Crippen LogP contribution >= 0.6 is 0 Å². The summed E-state index contributed by atoms with van der Waals surface area (Å²) < 4.78 is 0. The van der Waals surface area contributed by atoms with Gasteiger partial charge in [0.25, 0.3) is 0 Å². The molecular weight excluding hydrogens is 112 g/mol. The van der Waals surface area contributed by atoms with Gasteiger partial charge in [0.15, 0.2) is 0 Å². The predicted molar refractivity (Wildman–Crippen MR) is 40.4 cm³/mol. The van der Waals surface area contributed by atoms with Crippen LogP contribution in [0.1, 0.15) is 32.6 Å². The Labute approximate surface area is 57.4 Å². The molecule has 0 saturated heterocycles. The molecule has 0 unspecified atom stereocenters. The summed E-state index contributed by atoms with van der Waals surface area (Å²) >= 11 is 0. The van der Waals surface area contributed by atoms with Crippen LogP contribution in [0.3, 0.4) is 0 Å². The lowest BCUT2D eigenvalue weighted by atomic mass is 10.2. The van der Waals surface area contributed by atoms with Gasteiger partial charge in [0, 0.05) is 6.61 Å². The van der Waals surface area contributed by atoms with E-state index in [0.29, 0.717) is 6.61 Å². The fourth-order valence-electron chi connectivity index (χ4n) is 0.659. The summed E-state index contributed by atoms with van der Waals surface area (Å²) in [4.78, 5) is 0. The van der Waals surface area contributed by atoms with Gasteiger partial charge < -0.3 is 5.11 Å². The first-order valence-corrected chi connectivity index (χ1v) is 3.67. The zero-order valence-electron chi connectivity index (χ0n) is 6.14. The molecule has 1 N–H and O–H groups in total. The average molecular weight is 128 g/mol. The van der Waals surface area contributed by atoms with Crippen LogP contribution in [0.2, 0.25) is 0 Å². The lowest BCUT2D eigenvalue weighted by Crippen LogP contribution is -1.79. The smallest absolute Gasteiger partial charge is 0.0431 e. The summed E-state index contributed by atoms with van der Waals surface area (Å²) in [6.07, 6.45) is 8.64. The number of hydrogen-bond acceptors (Lipinski definition) is 1. The molecule has 0 aromatic heterocycles. The Morgan fingerprint density at radius 3 is 2.56 bits per heavy atom. The molecule has 0 aromatic rings. The van der Waals surface area contributed by atoms with Crippen molar-refractivity contribution in [3.8, 4) is 0 Å². The summed E-state index contributed by atoms with van der Waals surface area (Å²) in [5.74, 6) is 0. The highest BCUT2D eigenvalue weighted by Gasteiger charge is 1.80. The molecule has 54 valence electrons. The maximum Gasteiger partial charge on any atom is 0.0431 e. The first-order chi connectivity index (χ1) is 4.41. The van der Waals surface area contributed by atoms with E-state index in [4.69, 9.17) is 5.11 Å². The van der Waals surface area contributed by atoms with E-state index >= 15 is 0 Å². The van der Waals surface area contributed by atoms with Crippen molar-refractivity contribution >= 4 is 0 Å². The van der Waals surface area contributed by atoms with Crippen molar-refractivity contribution < 1.29 is 5.11 Å². The lowest BCUT2D eigenvalue weighted by molar-refractivity contribution is 0.285. The van der Waals surface area contributed by atoms with Crippen molar-refractivity contribution in [2.24, 2.45) is 0 Å². The quantitative estimate of drug-likeness (QED) is 0.444.